The van der Waals surface area contributed by atoms with Crippen LogP contribution in [0.25, 0.3) is 5.69 Å². The van der Waals surface area contributed by atoms with Crippen molar-refractivity contribution >= 4 is 10.0 Å². The Balaban J connectivity index is 2.31. The Hall–Kier alpha value is -1.70. The summed E-state index contributed by atoms with van der Waals surface area (Å²) in [7, 11) is -3.41. The summed E-state index contributed by atoms with van der Waals surface area (Å²) in [6.45, 7) is 2.63. The van der Waals surface area contributed by atoms with E-state index in [0.29, 0.717) is 19.5 Å². The molecule has 1 aromatic carbocycles. The molecular formula is C13H18N4O2S. The number of sulfonamides is 1. The van der Waals surface area contributed by atoms with E-state index in [2.05, 4.69) is 9.71 Å². The third kappa shape index (κ3) is 3.06. The van der Waals surface area contributed by atoms with Gasteiger partial charge < -0.3 is 10.3 Å². The summed E-state index contributed by atoms with van der Waals surface area (Å²) in [5.74, 6) is 0.856. The lowest BCUT2D eigenvalue weighted by molar-refractivity contribution is 0.584. The normalized spacial score (nSPS) is 11.7. The number of nitrogens with zero attached hydrogens (tertiary/aromatic N) is 2. The van der Waals surface area contributed by atoms with Crippen LogP contribution in [0.2, 0.25) is 0 Å². The van der Waals surface area contributed by atoms with E-state index >= 15 is 0 Å². The lowest BCUT2D eigenvalue weighted by atomic mass is 10.3. The first-order valence-electron chi connectivity index (χ1n) is 6.41. The molecule has 0 saturated carbocycles. The van der Waals surface area contributed by atoms with Gasteiger partial charge in [0.2, 0.25) is 10.0 Å². The molecule has 1 heterocycles. The zero-order chi connectivity index (χ0) is 14.6. The summed E-state index contributed by atoms with van der Waals surface area (Å²) >= 11 is 0. The second-order valence-corrected chi connectivity index (χ2v) is 6.01. The van der Waals surface area contributed by atoms with Crippen LogP contribution in [-0.4, -0.2) is 31.1 Å². The average Bonchev–Trinajstić information content (AvgIpc) is 2.87. The highest BCUT2D eigenvalue weighted by Gasteiger charge is 2.12. The Morgan fingerprint density at radius 1 is 1.30 bits per heavy atom. The molecule has 0 atom stereocenters. The van der Waals surface area contributed by atoms with Crippen LogP contribution in [-0.2, 0) is 16.4 Å². The van der Waals surface area contributed by atoms with Crippen molar-refractivity contribution in [3.05, 3.63) is 42.5 Å². The predicted octanol–water partition coefficient (Wildman–Crippen LogP) is 0.672. The molecule has 20 heavy (non-hydrogen) atoms. The molecule has 6 nitrogen and oxygen atoms in total. The van der Waals surface area contributed by atoms with Crippen LogP contribution < -0.4 is 10.5 Å². The highest BCUT2D eigenvalue weighted by atomic mass is 32.2. The number of rotatable bonds is 6. The molecule has 0 bridgehead atoms. The SMILES string of the molecule is CCNS(=O)(=O)c1ccc(-n2ccnc2CCN)cc1. The average molecular weight is 294 g/mol. The Labute approximate surface area is 118 Å². The van der Waals surface area contributed by atoms with Crippen molar-refractivity contribution in [2.45, 2.75) is 18.2 Å². The van der Waals surface area contributed by atoms with Crippen LogP contribution in [0.3, 0.4) is 0 Å². The van der Waals surface area contributed by atoms with E-state index in [4.69, 9.17) is 5.73 Å². The van der Waals surface area contributed by atoms with Crippen molar-refractivity contribution < 1.29 is 8.42 Å². The van der Waals surface area contributed by atoms with Crippen LogP contribution in [0.15, 0.2) is 41.6 Å². The van der Waals surface area contributed by atoms with E-state index in [1.54, 1.807) is 37.4 Å². The summed E-state index contributed by atoms with van der Waals surface area (Å²) in [6, 6.07) is 6.68. The molecule has 2 aromatic rings. The van der Waals surface area contributed by atoms with Crippen molar-refractivity contribution in [2.75, 3.05) is 13.1 Å². The molecule has 0 fully saturated rings. The minimum absolute atomic E-state index is 0.253. The molecule has 1 aromatic heterocycles. The van der Waals surface area contributed by atoms with E-state index in [1.165, 1.54) is 0 Å². The molecule has 2 rings (SSSR count). The van der Waals surface area contributed by atoms with Gasteiger partial charge in [-0.25, -0.2) is 18.1 Å². The number of aromatic nitrogens is 2. The summed E-state index contributed by atoms with van der Waals surface area (Å²) in [6.07, 6.45) is 4.21. The van der Waals surface area contributed by atoms with Gasteiger partial charge >= 0.3 is 0 Å². The molecule has 0 aliphatic carbocycles. The maximum atomic E-state index is 11.9. The summed E-state index contributed by atoms with van der Waals surface area (Å²) in [5.41, 5.74) is 6.40. The second-order valence-electron chi connectivity index (χ2n) is 4.25. The third-order valence-electron chi connectivity index (χ3n) is 2.84. The van der Waals surface area contributed by atoms with E-state index in [0.717, 1.165) is 11.5 Å². The number of hydrogen-bond acceptors (Lipinski definition) is 4. The first-order valence-corrected chi connectivity index (χ1v) is 7.89. The van der Waals surface area contributed by atoms with Gasteiger partial charge in [0.1, 0.15) is 5.82 Å². The van der Waals surface area contributed by atoms with Crippen molar-refractivity contribution in [3.63, 3.8) is 0 Å². The largest absolute Gasteiger partial charge is 0.330 e. The van der Waals surface area contributed by atoms with E-state index in [9.17, 15) is 8.42 Å². The molecule has 0 aliphatic rings. The molecule has 0 spiro atoms. The maximum Gasteiger partial charge on any atom is 0.240 e. The molecule has 108 valence electrons. The highest BCUT2D eigenvalue weighted by molar-refractivity contribution is 7.89. The number of imidazole rings is 1. The lowest BCUT2D eigenvalue weighted by Gasteiger charge is -2.09. The third-order valence-corrected chi connectivity index (χ3v) is 4.41. The molecule has 3 N–H and O–H groups in total. The van der Waals surface area contributed by atoms with Crippen molar-refractivity contribution in [3.8, 4) is 5.69 Å². The Morgan fingerprint density at radius 2 is 2.00 bits per heavy atom. The smallest absolute Gasteiger partial charge is 0.240 e. The zero-order valence-corrected chi connectivity index (χ0v) is 12.1. The number of hydrogen-bond donors (Lipinski definition) is 2. The van der Waals surface area contributed by atoms with Crippen molar-refractivity contribution in [1.82, 2.24) is 14.3 Å². The molecule has 0 aliphatic heterocycles. The van der Waals surface area contributed by atoms with Crippen LogP contribution >= 0.6 is 0 Å². The first-order chi connectivity index (χ1) is 9.58. The van der Waals surface area contributed by atoms with E-state index in [-0.39, 0.29) is 4.90 Å². The van der Waals surface area contributed by atoms with Gasteiger partial charge in [-0.2, -0.15) is 0 Å². The Bertz CT molecular complexity index is 662. The fourth-order valence-corrected chi connectivity index (χ4v) is 2.98. The fourth-order valence-electron chi connectivity index (χ4n) is 1.94. The van der Waals surface area contributed by atoms with Gasteiger partial charge in [0, 0.05) is 31.0 Å². The van der Waals surface area contributed by atoms with Gasteiger partial charge in [0.25, 0.3) is 0 Å². The number of nitrogens with one attached hydrogen (secondary N) is 1. The molecule has 0 amide bonds. The van der Waals surface area contributed by atoms with Gasteiger partial charge in [-0.05, 0) is 30.8 Å². The van der Waals surface area contributed by atoms with Crippen molar-refractivity contribution in [1.29, 1.82) is 0 Å². The first kappa shape index (κ1) is 14.7. The maximum absolute atomic E-state index is 11.9. The van der Waals surface area contributed by atoms with Gasteiger partial charge in [0.15, 0.2) is 0 Å². The van der Waals surface area contributed by atoms with Crippen LogP contribution in [0.1, 0.15) is 12.7 Å². The standard InChI is InChI=1S/C13H18N4O2S/c1-2-16-20(18,19)12-5-3-11(4-6-12)17-10-9-15-13(17)7-8-14/h3-6,9-10,16H,2,7-8,14H2,1H3. The van der Waals surface area contributed by atoms with Crippen LogP contribution in [0.4, 0.5) is 0 Å². The highest BCUT2D eigenvalue weighted by Crippen LogP contribution is 2.15. The van der Waals surface area contributed by atoms with Gasteiger partial charge in [0.05, 0.1) is 4.90 Å². The van der Waals surface area contributed by atoms with Gasteiger partial charge in [-0.3, -0.25) is 0 Å². The number of nitrogens with two attached hydrogens (primary N) is 1. The predicted molar refractivity (Wildman–Crippen MR) is 77.2 cm³/mol. The summed E-state index contributed by atoms with van der Waals surface area (Å²) in [5, 5.41) is 0. The quantitative estimate of drug-likeness (QED) is 0.819. The Kier molecular flexibility index (Phi) is 4.53. The number of benzene rings is 1. The molecule has 0 unspecified atom stereocenters. The van der Waals surface area contributed by atoms with Crippen LogP contribution in [0, 0.1) is 0 Å². The minimum atomic E-state index is -3.41. The second kappa shape index (κ2) is 6.17. The molecule has 7 heteroatoms. The van der Waals surface area contributed by atoms with Gasteiger partial charge in [-0.1, -0.05) is 6.92 Å². The monoisotopic (exact) mass is 294 g/mol. The molecule has 0 radical (unpaired) electrons. The topological polar surface area (TPSA) is 90.0 Å². The Morgan fingerprint density at radius 3 is 2.60 bits per heavy atom. The van der Waals surface area contributed by atoms with Crippen molar-refractivity contribution in [2.24, 2.45) is 5.73 Å². The summed E-state index contributed by atoms with van der Waals surface area (Å²) < 4.78 is 28.1. The molecule has 0 saturated heterocycles. The van der Waals surface area contributed by atoms with Gasteiger partial charge in [-0.15, -0.1) is 0 Å². The zero-order valence-electron chi connectivity index (χ0n) is 11.3. The summed E-state index contributed by atoms with van der Waals surface area (Å²) in [4.78, 5) is 4.49. The van der Waals surface area contributed by atoms with Crippen LogP contribution in [0.5, 0.6) is 0 Å². The lowest BCUT2D eigenvalue weighted by Crippen LogP contribution is -2.23. The fraction of sp³-hybridized carbons (Fsp3) is 0.308. The minimum Gasteiger partial charge on any atom is -0.330 e. The molecular weight excluding hydrogens is 276 g/mol. The van der Waals surface area contributed by atoms with E-state index in [1.807, 2.05) is 10.8 Å². The van der Waals surface area contributed by atoms with E-state index < -0.39 is 10.0 Å².